The second-order valence-electron chi connectivity index (χ2n) is 32.5. The van der Waals surface area contributed by atoms with E-state index in [0.29, 0.717) is 36.6 Å². The number of nitrogens with two attached hydrogens (primary N) is 1. The molecule has 30 heteroatoms. The Morgan fingerprint density at radius 3 is 0.980 bits per heavy atom. The van der Waals surface area contributed by atoms with Crippen LogP contribution in [0.4, 0.5) is 48.6 Å². The number of benzene rings is 14. The third-order valence-electron chi connectivity index (χ3n) is 20.5. The fourth-order valence-electron chi connectivity index (χ4n) is 12.1. The van der Waals surface area contributed by atoms with Gasteiger partial charge in [0.2, 0.25) is 0 Å². The van der Waals surface area contributed by atoms with Crippen LogP contribution in [0.3, 0.4) is 0 Å². The van der Waals surface area contributed by atoms with E-state index in [1.165, 1.54) is 87.7 Å². The van der Waals surface area contributed by atoms with E-state index >= 15 is 0 Å². The van der Waals surface area contributed by atoms with E-state index in [0.717, 1.165) is 91.3 Å². The van der Waals surface area contributed by atoms with Crippen LogP contribution in [0.1, 0.15) is 100.0 Å². The van der Waals surface area contributed by atoms with Crippen molar-refractivity contribution in [1.29, 1.82) is 0 Å². The number of aryl methyl sites for hydroxylation is 5. The molecule has 147 heavy (non-hydrogen) atoms. The first-order valence-electron chi connectivity index (χ1n) is 46.3. The SMILES string of the molecule is C=[As]c1ccc(C)cc1.C=[As]c1ccc(F)cc1.C=[As]c1ccc(N)cc1.C=[As]c1ccc(NC(=O)C2CCC2)cc1.C=[As]c1ccc(NC(=O)CC(C)C)cc1.C=[As]c1ccc(NC(=O)CCCC)cc1.C=[As]c1ccc(NC(=O)CCc2ccccc2)cc1.C=[As]c1ccc(NS(=O)(=O)c2ccc(C)cc2)cc1.C=[As]c1ccc(NS(=O)(=O)c2ccc(F)cc2)cc1.C=[As]c1cccc(C)c1.C=[As]c1ccccc1C. The van der Waals surface area contributed by atoms with Crippen LogP contribution in [0.15, 0.2) is 356 Å². The zero-order chi connectivity index (χ0) is 108. The average Bonchev–Trinajstić information content (AvgIpc) is 0.836. The first-order valence-corrected chi connectivity index (χ1v) is 74.2. The van der Waals surface area contributed by atoms with Crippen LogP contribution in [-0.2, 0) is 45.6 Å². The first kappa shape index (κ1) is 128. The van der Waals surface area contributed by atoms with Gasteiger partial charge >= 0.3 is 953 Å². The van der Waals surface area contributed by atoms with Crippen LogP contribution in [0.25, 0.3) is 0 Å². The van der Waals surface area contributed by atoms with Gasteiger partial charge in [-0.05, 0) is 0 Å². The molecule has 14 aromatic carbocycles. The summed E-state index contributed by atoms with van der Waals surface area (Å²) < 4.78 is 92.4. The van der Waals surface area contributed by atoms with Gasteiger partial charge in [0.1, 0.15) is 0 Å². The number of nitrogen functional groups attached to an aromatic ring is 1. The van der Waals surface area contributed by atoms with Crippen LogP contribution < -0.4 is 84.3 Å². The van der Waals surface area contributed by atoms with Crippen molar-refractivity contribution in [2.45, 2.75) is 116 Å². The number of anilines is 7. The molecule has 14 aromatic rings. The number of hydrogen-bond donors (Lipinski definition) is 7. The Hall–Kier alpha value is -9.17. The van der Waals surface area contributed by atoms with Crippen LogP contribution in [0.5, 0.6) is 0 Å². The van der Waals surface area contributed by atoms with E-state index < -0.39 is 25.9 Å². The van der Waals surface area contributed by atoms with E-state index in [2.05, 4.69) is 190 Å². The molecule has 0 bridgehead atoms. The molecule has 0 atom stereocenters. The summed E-state index contributed by atoms with van der Waals surface area (Å²) in [5.41, 5.74) is 17.1. The van der Waals surface area contributed by atoms with Crippen molar-refractivity contribution >= 4 is 358 Å². The number of hydrogen-bond acceptors (Lipinski definition) is 9. The number of sulfonamides is 2. The molecule has 0 aliphatic heterocycles. The first-order chi connectivity index (χ1) is 70.6. The van der Waals surface area contributed by atoms with E-state index in [1.54, 1.807) is 60.7 Å². The monoisotopic (exact) mass is 2690 g/mol. The molecule has 15 rings (SSSR count). The summed E-state index contributed by atoms with van der Waals surface area (Å²) in [4.78, 5) is 46.6. The van der Waals surface area contributed by atoms with Gasteiger partial charge < -0.3 is 0 Å². The van der Waals surface area contributed by atoms with Crippen LogP contribution in [0.2, 0.25) is 0 Å². The molecule has 15 nitrogen and oxygen atoms in total. The standard InChI is InChI=1S/C16H16AsNO.C14H14AsNO2S.C13H11AsFNO2S.C12H14AsNO.2C12H16AsNO.3C8H9As.C7H6AsF.C7H8AsN/c1-17-14-8-10-15(11-9-14)18-16(19)12-7-13-5-3-2-4-6-13;1-11-3-9-14(10-4-11)19(17,18)16-13-7-5-12(15-2)6-8-13;1-14-10-2-6-12(7-3-10)16-19(17,18)13-8-4-11(15)5-9-13;1-13-10-5-7-11(8-6-10)14-12(15)9-3-2-4-9;1-9(2)8-12(15)14-11-6-4-10(13-3)5-7-11;1-3-4-5-12(15)14-11-8-6-10(13-2)7-9-11;1-7-3-5-8(9-2)6-4-7;1-7-4-3-5-8(6-7)9-2;1-7-5-3-4-6-8(7)9-2;2*1-8-6-2-4-7(9)5-3-6/h2-6,8-11H,1,7,12H2,(H,18,19);3-10,16H,2H2,1H3;2-9,16H,1H2;5-9H,1-4H2,(H,14,15);4-7,9H,3,8H2,1-2H3,(H,14,15);6-9H,2-5H2,1H3,(H,14,15);3*3-6H,2H2,1H3;2-5H,1H2;2-5H,1,9H2. The van der Waals surface area contributed by atoms with Gasteiger partial charge in [-0.15, -0.1) is 0 Å². The summed E-state index contributed by atoms with van der Waals surface area (Å²) in [6, 6.07) is 108. The summed E-state index contributed by atoms with van der Waals surface area (Å²) in [6.45, 7) is 14.4. The molecule has 1 aliphatic rings. The summed E-state index contributed by atoms with van der Waals surface area (Å²) >= 11 is 0.527. The predicted molar refractivity (Wildman–Crippen MR) is 652 cm³/mol. The van der Waals surface area contributed by atoms with Gasteiger partial charge in [-0.25, -0.2) is 0 Å². The van der Waals surface area contributed by atoms with Crippen molar-refractivity contribution in [3.05, 3.63) is 385 Å². The molecule has 0 heterocycles. The third kappa shape index (κ3) is 54.9. The van der Waals surface area contributed by atoms with Crippen molar-refractivity contribution in [1.82, 2.24) is 0 Å². The molecule has 0 radical (unpaired) electrons. The molecular formula is C117H128As11F2N7O8S2. The van der Waals surface area contributed by atoms with Crippen molar-refractivity contribution in [3.63, 3.8) is 0 Å². The Kier molecular flexibility index (Phi) is 64.5. The number of unbranched alkanes of at least 4 members (excludes halogenated alkanes) is 1. The summed E-state index contributed by atoms with van der Waals surface area (Å²) in [5, 5.41) is 54.2. The molecule has 1 fully saturated rings. The van der Waals surface area contributed by atoms with Crippen molar-refractivity contribution < 1.29 is 44.8 Å². The normalized spacial score (nSPS) is 11.1. The molecule has 0 saturated heterocycles. The van der Waals surface area contributed by atoms with Gasteiger partial charge in [0.15, 0.2) is 0 Å². The van der Waals surface area contributed by atoms with Gasteiger partial charge in [-0.2, -0.15) is 0 Å². The maximum atomic E-state index is 12.8. The quantitative estimate of drug-likeness (QED) is 0.0167. The molecular weight excluding hydrogens is 2560 g/mol. The van der Waals surface area contributed by atoms with E-state index in [1.807, 2.05) is 197 Å². The summed E-state index contributed by atoms with van der Waals surface area (Å²) in [5.74, 6) is 0.429. The van der Waals surface area contributed by atoms with E-state index in [-0.39, 0.29) is 214 Å². The molecule has 4 amide bonds. The fourth-order valence-corrected chi connectivity index (χ4v) is 23.1. The Balaban J connectivity index is 0.000000288. The maximum absolute atomic E-state index is 12.8. The zero-order valence-electron chi connectivity index (χ0n) is 84.0. The van der Waals surface area contributed by atoms with E-state index in [4.69, 9.17) is 5.73 Å². The molecule has 1 aliphatic carbocycles. The number of halogens is 2. The minimum absolute atomic E-state index is 0.00437. The number of rotatable bonds is 30. The Labute approximate surface area is 941 Å². The van der Waals surface area contributed by atoms with Crippen molar-refractivity contribution in [3.8, 4) is 0 Å². The molecule has 0 spiro atoms. The molecule has 760 valence electrons. The molecule has 8 N–H and O–H groups in total. The molecule has 0 unspecified atom stereocenters. The zero-order valence-corrected chi connectivity index (χ0v) is 106. The van der Waals surface area contributed by atoms with Gasteiger partial charge in [0, 0.05) is 0 Å². The average molecular weight is 2690 g/mol. The second-order valence-corrected chi connectivity index (χ2v) is 55.0. The van der Waals surface area contributed by atoms with Gasteiger partial charge in [-0.1, -0.05) is 0 Å². The summed E-state index contributed by atoms with van der Waals surface area (Å²) in [6.07, 6.45) is 7.76. The molecule has 0 aromatic heterocycles. The van der Waals surface area contributed by atoms with Crippen molar-refractivity contribution in [2.24, 2.45) is 11.8 Å². The van der Waals surface area contributed by atoms with Crippen molar-refractivity contribution in [2.75, 3.05) is 36.4 Å². The second kappa shape index (κ2) is 73.9. The van der Waals surface area contributed by atoms with Gasteiger partial charge in [0.05, 0.1) is 0 Å². The third-order valence-corrected chi connectivity index (χ3v) is 38.9. The van der Waals surface area contributed by atoms with Crippen LogP contribution in [-0.4, -0.2) is 267 Å². The van der Waals surface area contributed by atoms with Crippen LogP contribution >= 0.6 is 0 Å². The fraction of sp³-hybridized carbons (Fsp3) is 0.154. The Morgan fingerprint density at radius 1 is 0.340 bits per heavy atom. The Bertz CT molecular complexity index is 6510. The van der Waals surface area contributed by atoms with Gasteiger partial charge in [-0.3, -0.25) is 0 Å². The van der Waals surface area contributed by atoms with Gasteiger partial charge in [0.25, 0.3) is 0 Å². The minimum atomic E-state index is -3.67. The number of carbonyl (C=O) groups is 4. The number of amides is 4. The van der Waals surface area contributed by atoms with E-state index in [9.17, 15) is 44.8 Å². The number of nitrogens with one attached hydrogen (secondary N) is 6. The number of carbonyl (C=O) groups excluding carboxylic acids is 4. The van der Waals surface area contributed by atoms with Crippen LogP contribution in [0, 0.1) is 51.2 Å². The molecule has 1 saturated carbocycles. The summed E-state index contributed by atoms with van der Waals surface area (Å²) in [7, 11) is -7.18. The Morgan fingerprint density at radius 2 is 0.653 bits per heavy atom. The predicted octanol–water partition coefficient (Wildman–Crippen LogP) is 12.0. The topological polar surface area (TPSA) is 235 Å².